The van der Waals surface area contributed by atoms with Gasteiger partial charge in [-0.25, -0.2) is 0 Å². The highest BCUT2D eigenvalue weighted by molar-refractivity contribution is 6.13. The van der Waals surface area contributed by atoms with Crippen molar-refractivity contribution >= 4 is 38.6 Å². The highest BCUT2D eigenvalue weighted by Crippen LogP contribution is 2.42. The van der Waals surface area contributed by atoms with Crippen LogP contribution < -0.4 is 4.90 Å². The fourth-order valence-electron chi connectivity index (χ4n) is 8.22. The first-order valence-electron chi connectivity index (χ1n) is 19.6. The van der Waals surface area contributed by atoms with Crippen molar-refractivity contribution in [3.8, 4) is 55.6 Å². The molecule has 0 atom stereocenters. The number of hydrogen-bond acceptors (Lipinski definition) is 1. The van der Waals surface area contributed by atoms with Gasteiger partial charge >= 0.3 is 0 Å². The molecule has 0 radical (unpaired) electrons. The molecule has 268 valence electrons. The quantitative estimate of drug-likeness (QED) is 0.141. The van der Waals surface area contributed by atoms with Gasteiger partial charge in [0.1, 0.15) is 0 Å². The molecule has 0 amide bonds. The average molecular weight is 726 g/mol. The van der Waals surface area contributed by atoms with Gasteiger partial charge in [-0.2, -0.15) is 0 Å². The van der Waals surface area contributed by atoms with Gasteiger partial charge in [-0.15, -0.1) is 0 Å². The summed E-state index contributed by atoms with van der Waals surface area (Å²) in [6, 6.07) is 85.6. The van der Waals surface area contributed by atoms with Crippen LogP contribution in [0.15, 0.2) is 237 Å². The molecule has 10 rings (SSSR count). The van der Waals surface area contributed by atoms with Gasteiger partial charge in [0.2, 0.25) is 0 Å². The van der Waals surface area contributed by atoms with E-state index in [2.05, 4.69) is 241 Å². The first-order valence-corrected chi connectivity index (χ1v) is 19.6. The van der Waals surface area contributed by atoms with E-state index in [1.807, 2.05) is 0 Å². The lowest BCUT2D eigenvalue weighted by Gasteiger charge is -2.27. The Bertz CT molecular complexity index is 2950. The van der Waals surface area contributed by atoms with E-state index < -0.39 is 0 Å². The molecule has 10 aromatic carbocycles. The van der Waals surface area contributed by atoms with Gasteiger partial charge in [-0.05, 0) is 120 Å². The molecule has 0 aliphatic rings. The molecule has 0 heterocycles. The first kappa shape index (κ1) is 34.0. The Morgan fingerprint density at radius 1 is 0.211 bits per heavy atom. The fraction of sp³-hybridized carbons (Fsp3) is 0. The lowest BCUT2D eigenvalue weighted by atomic mass is 9.93. The number of benzene rings is 10. The Morgan fingerprint density at radius 2 is 0.596 bits per heavy atom. The molecule has 0 saturated carbocycles. The molecule has 0 unspecified atom stereocenters. The van der Waals surface area contributed by atoms with Crippen LogP contribution in [0.1, 0.15) is 0 Å². The van der Waals surface area contributed by atoms with Crippen LogP contribution >= 0.6 is 0 Å². The Kier molecular flexibility index (Phi) is 8.95. The van der Waals surface area contributed by atoms with Crippen LogP contribution in [0, 0.1) is 0 Å². The fourth-order valence-corrected chi connectivity index (χ4v) is 8.22. The van der Waals surface area contributed by atoms with E-state index in [0.717, 1.165) is 17.1 Å². The van der Waals surface area contributed by atoms with Gasteiger partial charge in [0, 0.05) is 17.1 Å². The van der Waals surface area contributed by atoms with Crippen LogP contribution in [-0.4, -0.2) is 0 Å². The van der Waals surface area contributed by atoms with Gasteiger partial charge in [-0.1, -0.05) is 194 Å². The third-order valence-corrected chi connectivity index (χ3v) is 11.1. The summed E-state index contributed by atoms with van der Waals surface area (Å²) < 4.78 is 0. The zero-order valence-electron chi connectivity index (χ0n) is 31.5. The lowest BCUT2D eigenvalue weighted by Crippen LogP contribution is -2.10. The summed E-state index contributed by atoms with van der Waals surface area (Å²) in [5.41, 5.74) is 15.3. The molecule has 0 aliphatic heterocycles. The molecule has 10 aromatic rings. The van der Waals surface area contributed by atoms with E-state index in [1.165, 1.54) is 77.2 Å². The van der Waals surface area contributed by atoms with Crippen molar-refractivity contribution in [3.63, 3.8) is 0 Å². The summed E-state index contributed by atoms with van der Waals surface area (Å²) in [5, 5.41) is 5.07. The maximum atomic E-state index is 2.38. The summed E-state index contributed by atoms with van der Waals surface area (Å²) in [7, 11) is 0. The zero-order valence-corrected chi connectivity index (χ0v) is 31.5. The number of fused-ring (bicyclic) bond motifs is 3. The number of hydrogen-bond donors (Lipinski definition) is 0. The van der Waals surface area contributed by atoms with E-state index in [-0.39, 0.29) is 0 Å². The second-order valence-corrected chi connectivity index (χ2v) is 14.5. The molecule has 0 spiro atoms. The van der Waals surface area contributed by atoms with Crippen molar-refractivity contribution < 1.29 is 0 Å². The maximum absolute atomic E-state index is 2.38. The van der Waals surface area contributed by atoms with Crippen molar-refractivity contribution in [2.45, 2.75) is 0 Å². The molecule has 0 saturated heterocycles. The van der Waals surface area contributed by atoms with Crippen molar-refractivity contribution in [2.75, 3.05) is 4.90 Å². The lowest BCUT2D eigenvalue weighted by molar-refractivity contribution is 1.28. The molecule has 0 bridgehead atoms. The second-order valence-electron chi connectivity index (χ2n) is 14.5. The molecular weight excluding hydrogens is 687 g/mol. The van der Waals surface area contributed by atoms with Gasteiger partial charge < -0.3 is 4.90 Å². The molecule has 1 nitrogen and oxygen atoms in total. The molecular formula is C56H39N. The highest BCUT2D eigenvalue weighted by Gasteiger charge is 2.18. The third-order valence-electron chi connectivity index (χ3n) is 11.1. The van der Waals surface area contributed by atoms with E-state index in [1.54, 1.807) is 0 Å². The van der Waals surface area contributed by atoms with Crippen LogP contribution in [0.25, 0.3) is 77.2 Å². The van der Waals surface area contributed by atoms with E-state index in [4.69, 9.17) is 0 Å². The third kappa shape index (κ3) is 6.66. The Labute approximate surface area is 334 Å². The van der Waals surface area contributed by atoms with Crippen LogP contribution in [-0.2, 0) is 0 Å². The maximum Gasteiger partial charge on any atom is 0.0468 e. The van der Waals surface area contributed by atoms with E-state index in [0.29, 0.717) is 0 Å². The van der Waals surface area contributed by atoms with Gasteiger partial charge in [0.15, 0.2) is 0 Å². The molecule has 0 fully saturated rings. The number of anilines is 3. The minimum Gasteiger partial charge on any atom is -0.310 e. The first-order chi connectivity index (χ1) is 28.3. The van der Waals surface area contributed by atoms with Crippen LogP contribution in [0.3, 0.4) is 0 Å². The second kappa shape index (κ2) is 15.0. The van der Waals surface area contributed by atoms with E-state index in [9.17, 15) is 0 Å². The Morgan fingerprint density at radius 3 is 1.18 bits per heavy atom. The van der Waals surface area contributed by atoms with Crippen LogP contribution in [0.5, 0.6) is 0 Å². The monoisotopic (exact) mass is 725 g/mol. The Hall–Kier alpha value is -7.48. The summed E-state index contributed by atoms with van der Waals surface area (Å²) in [4.78, 5) is 2.38. The van der Waals surface area contributed by atoms with Crippen LogP contribution in [0.4, 0.5) is 17.1 Å². The van der Waals surface area contributed by atoms with Crippen molar-refractivity contribution in [1.29, 1.82) is 0 Å². The molecule has 0 aromatic heterocycles. The summed E-state index contributed by atoms with van der Waals surface area (Å²) in [6.07, 6.45) is 0. The van der Waals surface area contributed by atoms with Gasteiger partial charge in [-0.3, -0.25) is 0 Å². The topological polar surface area (TPSA) is 3.24 Å². The largest absolute Gasteiger partial charge is 0.310 e. The van der Waals surface area contributed by atoms with Gasteiger partial charge in [0.05, 0.1) is 0 Å². The van der Waals surface area contributed by atoms with Crippen molar-refractivity contribution in [3.05, 3.63) is 237 Å². The summed E-state index contributed by atoms with van der Waals surface area (Å²) in [6.45, 7) is 0. The molecule has 1 heteroatoms. The normalized spacial score (nSPS) is 11.2. The van der Waals surface area contributed by atoms with Crippen molar-refractivity contribution in [2.24, 2.45) is 0 Å². The SMILES string of the molecule is c1ccc(-c2ccc(-c3ccc(N(c4ccc(-c5cc6ccccc6c6ccccc56)cc4)c4ccc(-c5ccccc5)c(-c5ccccc5)c4)cc3)cc2)cc1. The van der Waals surface area contributed by atoms with Gasteiger partial charge in [0.25, 0.3) is 0 Å². The summed E-state index contributed by atoms with van der Waals surface area (Å²) >= 11 is 0. The highest BCUT2D eigenvalue weighted by atomic mass is 15.1. The number of nitrogens with zero attached hydrogens (tertiary/aromatic N) is 1. The molecule has 57 heavy (non-hydrogen) atoms. The zero-order chi connectivity index (χ0) is 38.0. The van der Waals surface area contributed by atoms with Crippen LogP contribution in [0.2, 0.25) is 0 Å². The Balaban J connectivity index is 1.08. The minimum absolute atomic E-state index is 1.09. The minimum atomic E-state index is 1.09. The smallest absolute Gasteiger partial charge is 0.0468 e. The predicted octanol–water partition coefficient (Wildman–Crippen LogP) is 15.8. The summed E-state index contributed by atoms with van der Waals surface area (Å²) in [5.74, 6) is 0. The number of rotatable bonds is 8. The van der Waals surface area contributed by atoms with E-state index >= 15 is 0 Å². The van der Waals surface area contributed by atoms with Crippen molar-refractivity contribution in [1.82, 2.24) is 0 Å². The average Bonchev–Trinajstić information content (AvgIpc) is 3.30. The standard InChI is InChI=1S/C56H39N/c1-4-14-40(15-5-1)41-24-26-42(27-25-41)43-28-32-48(33-29-43)57(50-36-37-52(44-16-6-2-7-17-44)56(39-50)45-18-8-3-9-19-45)49-34-30-46(31-35-49)55-38-47-20-10-11-21-51(47)53-22-12-13-23-54(53)55/h1-39H. The molecule has 0 N–H and O–H groups in total. The predicted molar refractivity (Wildman–Crippen MR) is 243 cm³/mol. The molecule has 0 aliphatic carbocycles.